The Labute approximate surface area is 290 Å². The van der Waals surface area contributed by atoms with Crippen molar-refractivity contribution in [1.82, 2.24) is 26.2 Å². The fourth-order valence-electron chi connectivity index (χ4n) is 6.03. The number of allylic oxidation sites excluding steroid dienone is 1. The number of fused-ring (bicyclic) bond motifs is 1. The van der Waals surface area contributed by atoms with Crippen molar-refractivity contribution in [1.29, 1.82) is 0 Å². The number of nitrogens with two attached hydrogens (primary N) is 3. The summed E-state index contributed by atoms with van der Waals surface area (Å²) in [6, 6.07) is -4.75. The minimum Gasteiger partial charge on any atom is -0.370 e. The van der Waals surface area contributed by atoms with Crippen LogP contribution in [-0.2, 0) is 28.8 Å². The minimum absolute atomic E-state index is 0.0487. The van der Waals surface area contributed by atoms with E-state index < -0.39 is 53.8 Å². The van der Waals surface area contributed by atoms with Gasteiger partial charge in [0.1, 0.15) is 30.2 Å². The van der Waals surface area contributed by atoms with E-state index in [-0.39, 0.29) is 49.0 Å². The second kappa shape index (κ2) is 21.0. The lowest BCUT2D eigenvalue weighted by Gasteiger charge is -2.30. The van der Waals surface area contributed by atoms with E-state index in [0.717, 1.165) is 32.1 Å². The molecule has 6 atom stereocenters. The third-order valence-corrected chi connectivity index (χ3v) is 9.20. The number of guanidine groups is 1. The Balaban J connectivity index is 2.36. The molecule has 0 aromatic heterocycles. The zero-order valence-electron chi connectivity index (χ0n) is 29.7. The molecule has 1 saturated heterocycles. The Morgan fingerprint density at radius 2 is 1.67 bits per heavy atom. The molecule has 0 saturated carbocycles. The van der Waals surface area contributed by atoms with E-state index in [0.29, 0.717) is 38.6 Å². The number of amides is 6. The van der Waals surface area contributed by atoms with Crippen LogP contribution in [0.25, 0.3) is 0 Å². The minimum atomic E-state index is -1.09. The van der Waals surface area contributed by atoms with Crippen molar-refractivity contribution in [3.05, 3.63) is 12.2 Å². The summed E-state index contributed by atoms with van der Waals surface area (Å²) in [6.07, 6.45) is 10.8. The van der Waals surface area contributed by atoms with Crippen LogP contribution >= 0.6 is 0 Å². The predicted octanol–water partition coefficient (Wildman–Crippen LogP) is 0.458. The Morgan fingerprint density at radius 3 is 2.33 bits per heavy atom. The van der Waals surface area contributed by atoms with Gasteiger partial charge in [-0.25, -0.2) is 0 Å². The van der Waals surface area contributed by atoms with Crippen molar-refractivity contribution in [2.45, 2.75) is 135 Å². The molecular weight excluding hydrogens is 630 g/mol. The summed E-state index contributed by atoms with van der Waals surface area (Å²) in [5.74, 6) is -3.61. The van der Waals surface area contributed by atoms with E-state index in [1.165, 1.54) is 0 Å². The lowest BCUT2D eigenvalue weighted by atomic mass is 9.97. The van der Waals surface area contributed by atoms with Gasteiger partial charge in [0.25, 0.3) is 0 Å². The first-order chi connectivity index (χ1) is 23.3. The van der Waals surface area contributed by atoms with Crippen LogP contribution in [0, 0.1) is 11.8 Å². The molecule has 0 bridgehead atoms. The molecule has 0 spiro atoms. The van der Waals surface area contributed by atoms with Crippen molar-refractivity contribution in [3.63, 3.8) is 0 Å². The highest BCUT2D eigenvalue weighted by Gasteiger charge is 2.37. The molecule has 0 aromatic rings. The molecule has 276 valence electrons. The number of nitrogens with zero attached hydrogens (tertiary/aromatic N) is 2. The average molecular weight is 690 g/mol. The van der Waals surface area contributed by atoms with E-state index in [2.05, 4.69) is 26.3 Å². The van der Waals surface area contributed by atoms with Crippen LogP contribution < -0.4 is 38.5 Å². The first-order valence-corrected chi connectivity index (χ1v) is 17.8. The maximum atomic E-state index is 13.8. The molecule has 1 fully saturated rings. The van der Waals surface area contributed by atoms with E-state index in [4.69, 9.17) is 17.2 Å². The molecule has 6 amide bonds. The number of rotatable bonds is 12. The first-order valence-electron chi connectivity index (χ1n) is 17.8. The number of carbonyl (C=O) groups excluding carboxylic acids is 6. The van der Waals surface area contributed by atoms with E-state index in [9.17, 15) is 28.8 Å². The number of nitrogens with one attached hydrogen (secondary N) is 4. The van der Waals surface area contributed by atoms with Gasteiger partial charge < -0.3 is 43.4 Å². The van der Waals surface area contributed by atoms with Gasteiger partial charge in [-0.2, -0.15) is 0 Å². The Morgan fingerprint density at radius 1 is 0.959 bits per heavy atom. The van der Waals surface area contributed by atoms with Gasteiger partial charge >= 0.3 is 0 Å². The molecule has 0 unspecified atom stereocenters. The van der Waals surface area contributed by atoms with E-state index in [1.807, 2.05) is 26.0 Å². The van der Waals surface area contributed by atoms with Gasteiger partial charge in [0.2, 0.25) is 35.4 Å². The van der Waals surface area contributed by atoms with Gasteiger partial charge in [0, 0.05) is 19.5 Å². The summed E-state index contributed by atoms with van der Waals surface area (Å²) in [5.41, 5.74) is 16.4. The molecule has 2 aliphatic heterocycles. The zero-order valence-corrected chi connectivity index (χ0v) is 29.7. The number of carbonyl (C=O) groups is 6. The monoisotopic (exact) mass is 689 g/mol. The molecule has 2 rings (SSSR count). The molecule has 0 radical (unpaired) electrons. The van der Waals surface area contributed by atoms with Crippen molar-refractivity contribution in [3.8, 4) is 0 Å². The highest BCUT2D eigenvalue weighted by molar-refractivity contribution is 5.96. The van der Waals surface area contributed by atoms with Crippen LogP contribution in [0.3, 0.4) is 0 Å². The number of primary amides is 1. The molecule has 49 heavy (non-hydrogen) atoms. The fourth-order valence-corrected chi connectivity index (χ4v) is 6.03. The number of aliphatic imine (C=N–C) groups is 1. The third kappa shape index (κ3) is 13.7. The Kier molecular flexibility index (Phi) is 17.6. The standard InChI is InChI=1S/C34H59N9O6/c1-5-22(4)28-33(49)40-23(15-11-9-7-6-8-10-12-18-26(44)43-20-14-17-25(43)32(48)42-28)30(46)39-24(16-13-19-38-34(36)37)31(47)41-27(21(2)3)29(35)45/h9,11,21-25,27-28H,5-8,10,12-20H2,1-4H3,(H2,35,45)(H,39,46)(H,40,49)(H,41,47)(H,42,48)(H4,36,37,38)/t22-,23+,24+,25+,27+,28+/m1/s1. The summed E-state index contributed by atoms with van der Waals surface area (Å²) < 4.78 is 0. The fraction of sp³-hybridized carbons (Fsp3) is 0.735. The van der Waals surface area contributed by atoms with Crippen molar-refractivity contribution in [2.24, 2.45) is 34.0 Å². The Bertz CT molecular complexity index is 1200. The molecule has 0 aliphatic carbocycles. The summed E-state index contributed by atoms with van der Waals surface area (Å²) >= 11 is 0. The van der Waals surface area contributed by atoms with Crippen molar-refractivity contribution >= 4 is 41.4 Å². The second-order valence-electron chi connectivity index (χ2n) is 13.5. The lowest BCUT2D eigenvalue weighted by Crippen LogP contribution is -2.60. The molecular formula is C34H59N9O6. The number of hydrogen-bond donors (Lipinski definition) is 7. The Hall–Kier alpha value is -4.17. The molecule has 10 N–H and O–H groups in total. The lowest BCUT2D eigenvalue weighted by molar-refractivity contribution is -0.140. The predicted molar refractivity (Wildman–Crippen MR) is 187 cm³/mol. The molecule has 15 nitrogen and oxygen atoms in total. The van der Waals surface area contributed by atoms with Crippen LogP contribution in [0.4, 0.5) is 0 Å². The van der Waals surface area contributed by atoms with Gasteiger partial charge in [0.15, 0.2) is 5.96 Å². The second-order valence-corrected chi connectivity index (χ2v) is 13.5. The third-order valence-electron chi connectivity index (χ3n) is 9.20. The highest BCUT2D eigenvalue weighted by Crippen LogP contribution is 2.21. The van der Waals surface area contributed by atoms with Gasteiger partial charge in [-0.3, -0.25) is 33.8 Å². The van der Waals surface area contributed by atoms with Gasteiger partial charge in [-0.15, -0.1) is 0 Å². The van der Waals surface area contributed by atoms with Crippen LogP contribution in [-0.4, -0.2) is 89.6 Å². The summed E-state index contributed by atoms with van der Waals surface area (Å²) in [7, 11) is 0. The summed E-state index contributed by atoms with van der Waals surface area (Å²) in [5, 5.41) is 11.1. The maximum Gasteiger partial charge on any atom is 0.243 e. The van der Waals surface area contributed by atoms with Gasteiger partial charge in [0.05, 0.1) is 0 Å². The molecule has 2 aliphatic rings. The summed E-state index contributed by atoms with van der Waals surface area (Å²) in [4.78, 5) is 85.2. The first kappa shape index (κ1) is 41.0. The smallest absolute Gasteiger partial charge is 0.243 e. The van der Waals surface area contributed by atoms with Gasteiger partial charge in [-0.1, -0.05) is 59.1 Å². The average Bonchev–Trinajstić information content (AvgIpc) is 3.55. The largest absolute Gasteiger partial charge is 0.370 e. The van der Waals surface area contributed by atoms with Crippen molar-refractivity contribution < 1.29 is 28.8 Å². The van der Waals surface area contributed by atoms with Gasteiger partial charge in [-0.05, 0) is 63.2 Å². The van der Waals surface area contributed by atoms with Crippen LogP contribution in [0.1, 0.15) is 105 Å². The highest BCUT2D eigenvalue weighted by atomic mass is 16.2. The zero-order chi connectivity index (χ0) is 36.5. The maximum absolute atomic E-state index is 13.8. The van der Waals surface area contributed by atoms with Crippen molar-refractivity contribution in [2.75, 3.05) is 13.1 Å². The molecule has 2 heterocycles. The van der Waals surface area contributed by atoms with E-state index >= 15 is 0 Å². The number of hydrogen-bond acceptors (Lipinski definition) is 7. The quantitative estimate of drug-likeness (QED) is 0.0655. The topological polar surface area (TPSA) is 244 Å². The van der Waals surface area contributed by atoms with Crippen LogP contribution in [0.5, 0.6) is 0 Å². The SMILES string of the molecule is CC[C@@H](C)[C@@H]1NC(=O)[C@@H]2CCCN2C(=O)CCCCCCC=CC[C@@H](C(=O)N[C@@H](CCCN=C(N)N)C(=O)N[C@H](C(N)=O)C(C)C)NC1=O. The van der Waals surface area contributed by atoms with Crippen LogP contribution in [0.2, 0.25) is 0 Å². The summed E-state index contributed by atoms with van der Waals surface area (Å²) in [6.45, 7) is 7.91. The molecule has 15 heteroatoms. The molecule has 0 aromatic carbocycles. The van der Waals surface area contributed by atoms with E-state index in [1.54, 1.807) is 18.7 Å². The van der Waals surface area contributed by atoms with Crippen LogP contribution in [0.15, 0.2) is 17.1 Å². The normalized spacial score (nSPS) is 23.2.